The van der Waals surface area contributed by atoms with E-state index in [2.05, 4.69) is 57.7 Å². The van der Waals surface area contributed by atoms with Gasteiger partial charge in [-0.25, -0.2) is 0 Å². The van der Waals surface area contributed by atoms with Crippen LogP contribution in [0, 0.1) is 0 Å². The number of H-pyrrole nitrogens is 1. The van der Waals surface area contributed by atoms with Gasteiger partial charge in [-0.3, -0.25) is 9.59 Å². The van der Waals surface area contributed by atoms with Gasteiger partial charge < -0.3 is 29.8 Å². The van der Waals surface area contributed by atoms with Gasteiger partial charge in [0.05, 0.1) is 11.0 Å². The van der Waals surface area contributed by atoms with Crippen molar-refractivity contribution in [3.8, 4) is 11.5 Å². The van der Waals surface area contributed by atoms with Crippen LogP contribution < -0.4 is 19.7 Å². The summed E-state index contributed by atoms with van der Waals surface area (Å²) >= 11 is 1.70. The van der Waals surface area contributed by atoms with Gasteiger partial charge in [-0.05, 0) is 65.4 Å². The Hall–Kier alpha value is -4.50. The number of aromatic amines is 1. The third kappa shape index (κ3) is 3.83. The zero-order chi connectivity index (χ0) is 25.8. The van der Waals surface area contributed by atoms with E-state index in [0.29, 0.717) is 5.69 Å². The minimum Gasteiger partial charge on any atom is -0.481 e. The molecule has 1 amide bonds. The largest absolute Gasteiger partial charge is 0.481 e. The normalized spacial score (nSPS) is 16.1. The molecular weight excluding hydrogens is 502 g/mol. The van der Waals surface area contributed by atoms with Gasteiger partial charge in [0.1, 0.15) is 6.42 Å². The SMILES string of the molecule is O=C(O)CC(=O)Nc1ccc2sc(N3CCc4c([nH]c5ccccc45)C3c3ccc4c(c3)OCO4)cc2c1. The lowest BCUT2D eigenvalue weighted by molar-refractivity contribution is -0.139. The van der Waals surface area contributed by atoms with Crippen LogP contribution in [0.3, 0.4) is 0 Å². The number of carbonyl (C=O) groups is 2. The molecule has 0 bridgehead atoms. The fraction of sp³-hybridized carbons (Fsp3) is 0.172. The molecule has 0 aliphatic carbocycles. The Kier molecular flexibility index (Phi) is 5.26. The van der Waals surface area contributed by atoms with Crippen LogP contribution in [0.25, 0.3) is 21.0 Å². The minimum atomic E-state index is -1.16. The second kappa shape index (κ2) is 8.81. The van der Waals surface area contributed by atoms with Gasteiger partial charge in [0.25, 0.3) is 0 Å². The highest BCUT2D eigenvalue weighted by molar-refractivity contribution is 7.22. The van der Waals surface area contributed by atoms with Gasteiger partial charge >= 0.3 is 5.97 Å². The number of carboxylic acid groups (broad SMARTS) is 1. The highest BCUT2D eigenvalue weighted by Gasteiger charge is 2.33. The topological polar surface area (TPSA) is 104 Å². The van der Waals surface area contributed by atoms with Crippen molar-refractivity contribution in [1.82, 2.24) is 4.98 Å². The predicted octanol–water partition coefficient (Wildman–Crippen LogP) is 5.68. The van der Waals surface area contributed by atoms with E-state index in [4.69, 9.17) is 14.6 Å². The lowest BCUT2D eigenvalue weighted by atomic mass is 9.92. The molecule has 190 valence electrons. The number of anilines is 2. The van der Waals surface area contributed by atoms with Crippen LogP contribution in [0.15, 0.2) is 66.7 Å². The summed E-state index contributed by atoms with van der Waals surface area (Å²) in [4.78, 5) is 29.0. The maximum Gasteiger partial charge on any atom is 0.312 e. The number of benzene rings is 3. The van der Waals surface area contributed by atoms with E-state index < -0.39 is 18.3 Å². The van der Waals surface area contributed by atoms with Gasteiger partial charge in [-0.15, -0.1) is 11.3 Å². The number of fused-ring (bicyclic) bond motifs is 5. The maximum absolute atomic E-state index is 12.0. The quantitative estimate of drug-likeness (QED) is 0.255. The molecule has 0 radical (unpaired) electrons. The van der Waals surface area contributed by atoms with Crippen LogP contribution in [0.1, 0.15) is 29.3 Å². The van der Waals surface area contributed by atoms with Crippen LogP contribution in [0.4, 0.5) is 10.7 Å². The van der Waals surface area contributed by atoms with Crippen LogP contribution in [-0.4, -0.2) is 35.3 Å². The number of amides is 1. The number of thiophene rings is 1. The van der Waals surface area contributed by atoms with Crippen molar-refractivity contribution in [2.45, 2.75) is 18.9 Å². The Balaban J connectivity index is 1.30. The predicted molar refractivity (Wildman–Crippen MR) is 146 cm³/mol. The second-order valence-electron chi connectivity index (χ2n) is 9.48. The molecule has 0 saturated carbocycles. The number of para-hydroxylation sites is 1. The molecule has 1 atom stereocenters. The first-order chi connectivity index (χ1) is 18.5. The van der Waals surface area contributed by atoms with E-state index >= 15 is 0 Å². The van der Waals surface area contributed by atoms with Crippen LogP contribution in [-0.2, 0) is 16.0 Å². The van der Waals surface area contributed by atoms with Crippen LogP contribution in [0.5, 0.6) is 11.5 Å². The lowest BCUT2D eigenvalue weighted by Crippen LogP contribution is -2.35. The number of nitrogens with one attached hydrogen (secondary N) is 2. The van der Waals surface area contributed by atoms with Crippen LogP contribution in [0.2, 0.25) is 0 Å². The molecule has 38 heavy (non-hydrogen) atoms. The van der Waals surface area contributed by atoms with E-state index in [0.717, 1.165) is 50.6 Å². The van der Waals surface area contributed by atoms with E-state index in [-0.39, 0.29) is 12.8 Å². The first kappa shape index (κ1) is 22.7. The van der Waals surface area contributed by atoms with Crippen molar-refractivity contribution in [2.24, 2.45) is 0 Å². The summed E-state index contributed by atoms with van der Waals surface area (Å²) in [6.07, 6.45) is 0.343. The van der Waals surface area contributed by atoms with Gasteiger partial charge in [0.2, 0.25) is 12.7 Å². The van der Waals surface area contributed by atoms with E-state index in [9.17, 15) is 9.59 Å². The molecule has 2 aromatic heterocycles. The molecule has 2 aliphatic heterocycles. The van der Waals surface area contributed by atoms with Crippen molar-refractivity contribution in [2.75, 3.05) is 23.6 Å². The molecule has 5 aromatic rings. The van der Waals surface area contributed by atoms with Gasteiger partial charge in [0.15, 0.2) is 11.5 Å². The number of aliphatic carboxylic acids is 1. The fourth-order valence-electron chi connectivity index (χ4n) is 5.50. The Morgan fingerprint density at radius 1 is 1.05 bits per heavy atom. The lowest BCUT2D eigenvalue weighted by Gasteiger charge is -2.37. The number of carbonyl (C=O) groups excluding carboxylic acids is 1. The highest BCUT2D eigenvalue weighted by atomic mass is 32.1. The highest BCUT2D eigenvalue weighted by Crippen LogP contribution is 2.46. The molecule has 3 N–H and O–H groups in total. The number of carboxylic acids is 1. The number of hydrogen-bond acceptors (Lipinski definition) is 6. The third-order valence-corrected chi connectivity index (χ3v) is 8.28. The van der Waals surface area contributed by atoms with Gasteiger partial charge in [-0.1, -0.05) is 24.3 Å². The maximum atomic E-state index is 12.0. The summed E-state index contributed by atoms with van der Waals surface area (Å²) in [7, 11) is 0. The number of hydrogen-bond donors (Lipinski definition) is 3. The Morgan fingerprint density at radius 2 is 1.92 bits per heavy atom. The molecule has 3 aromatic carbocycles. The molecule has 2 aliphatic rings. The average molecular weight is 526 g/mol. The first-order valence-corrected chi connectivity index (χ1v) is 13.2. The molecule has 1 unspecified atom stereocenters. The smallest absolute Gasteiger partial charge is 0.312 e. The molecule has 7 rings (SSSR count). The minimum absolute atomic E-state index is 0.0524. The molecule has 0 spiro atoms. The zero-order valence-corrected chi connectivity index (χ0v) is 21.0. The average Bonchev–Trinajstić information content (AvgIpc) is 3.63. The summed E-state index contributed by atoms with van der Waals surface area (Å²) in [5.41, 5.74) is 5.33. The Bertz CT molecular complexity index is 1740. The Labute approximate surface area is 221 Å². The molecule has 4 heterocycles. The number of ether oxygens (including phenoxy) is 2. The fourth-order valence-corrected chi connectivity index (χ4v) is 6.60. The van der Waals surface area contributed by atoms with Crippen molar-refractivity contribution in [3.63, 3.8) is 0 Å². The van der Waals surface area contributed by atoms with Crippen molar-refractivity contribution in [3.05, 3.63) is 83.6 Å². The van der Waals surface area contributed by atoms with E-state index in [1.165, 1.54) is 16.6 Å². The molecule has 8 nitrogen and oxygen atoms in total. The number of aromatic nitrogens is 1. The summed E-state index contributed by atoms with van der Waals surface area (Å²) < 4.78 is 12.4. The third-order valence-electron chi connectivity index (χ3n) is 7.13. The summed E-state index contributed by atoms with van der Waals surface area (Å²) in [5, 5.41) is 14.9. The summed E-state index contributed by atoms with van der Waals surface area (Å²) in [5.74, 6) is -0.189. The Morgan fingerprint density at radius 3 is 2.82 bits per heavy atom. The van der Waals surface area contributed by atoms with Gasteiger partial charge in [-0.2, -0.15) is 0 Å². The van der Waals surface area contributed by atoms with Crippen LogP contribution >= 0.6 is 11.3 Å². The molecule has 9 heteroatoms. The number of rotatable bonds is 5. The summed E-state index contributed by atoms with van der Waals surface area (Å²) in [6.45, 7) is 1.06. The van der Waals surface area contributed by atoms with Crippen molar-refractivity contribution in [1.29, 1.82) is 0 Å². The van der Waals surface area contributed by atoms with Crippen molar-refractivity contribution >= 4 is 54.9 Å². The zero-order valence-electron chi connectivity index (χ0n) is 20.2. The number of nitrogens with zero attached hydrogens (tertiary/aromatic N) is 1. The standard InChI is InChI=1S/C29H23N3O5S/c33-25(14-27(34)35)30-18-6-8-24-17(11-18)13-26(38-24)32-10-9-20-19-3-1-2-4-21(19)31-28(20)29(32)16-5-7-22-23(12-16)37-15-36-22/h1-8,11-13,29,31H,9-10,14-15H2,(H,30,33)(H,34,35). The van der Waals surface area contributed by atoms with E-state index in [1.807, 2.05) is 24.3 Å². The second-order valence-corrected chi connectivity index (χ2v) is 10.5. The molecule has 0 fully saturated rings. The molecular formula is C29H23N3O5S. The van der Waals surface area contributed by atoms with Crippen molar-refractivity contribution < 1.29 is 24.2 Å². The van der Waals surface area contributed by atoms with Gasteiger partial charge in [0, 0.05) is 33.5 Å². The summed E-state index contributed by atoms with van der Waals surface area (Å²) in [6, 6.07) is 22.3. The monoisotopic (exact) mass is 525 g/mol. The van der Waals surface area contributed by atoms with E-state index in [1.54, 1.807) is 11.3 Å². The molecule has 0 saturated heterocycles. The first-order valence-electron chi connectivity index (χ1n) is 12.3.